The summed E-state index contributed by atoms with van der Waals surface area (Å²) in [6, 6.07) is 16.0. The molecule has 10 heterocycles. The third-order valence-electron chi connectivity index (χ3n) is 12.7. The maximum absolute atomic E-state index is 13.1. The van der Waals surface area contributed by atoms with E-state index in [9.17, 15) is 19.8 Å². The molecule has 6 aliphatic rings. The molecule has 0 radical (unpaired) electrons. The molecular formula is C39H48BrN2O8S4+. The molecular weight excluding hydrogens is 833 g/mol. The summed E-state index contributed by atoms with van der Waals surface area (Å²) in [5.41, 5.74) is -3.44. The summed E-state index contributed by atoms with van der Waals surface area (Å²) in [6.45, 7) is 0. The number of aliphatic hydroxyl groups is 2. The summed E-state index contributed by atoms with van der Waals surface area (Å²) < 4.78 is 25.3. The van der Waals surface area contributed by atoms with E-state index in [1.807, 2.05) is 45.8 Å². The fourth-order valence-corrected chi connectivity index (χ4v) is 13.1. The number of rotatable bonds is 8. The monoisotopic (exact) mass is 879 g/mol. The minimum Gasteiger partial charge on any atom is -1.00 e. The van der Waals surface area contributed by atoms with Crippen LogP contribution >= 0.6 is 45.3 Å². The zero-order chi connectivity index (χ0) is 36.2. The van der Waals surface area contributed by atoms with Gasteiger partial charge in [-0.15, -0.1) is 45.3 Å². The van der Waals surface area contributed by atoms with Crippen LogP contribution in [0.4, 0.5) is 0 Å². The van der Waals surface area contributed by atoms with E-state index in [-0.39, 0.29) is 36.6 Å². The summed E-state index contributed by atoms with van der Waals surface area (Å²) in [5.74, 6) is -1.12. The van der Waals surface area contributed by atoms with Gasteiger partial charge in [-0.3, -0.25) is 0 Å². The average molecular weight is 881 g/mol. The summed E-state index contributed by atoms with van der Waals surface area (Å²) in [4.78, 5) is 28.7. The number of ether oxygens (including phenoxy) is 4. The summed E-state index contributed by atoms with van der Waals surface area (Å²) >= 11 is 5.49. The lowest BCUT2D eigenvalue weighted by molar-refractivity contribution is -0.938. The Kier molecular flexibility index (Phi) is 10.7. The van der Waals surface area contributed by atoms with E-state index in [4.69, 9.17) is 18.9 Å². The summed E-state index contributed by atoms with van der Waals surface area (Å²) in [5, 5.41) is 30.2. The van der Waals surface area contributed by atoms with Crippen LogP contribution < -0.4 is 17.0 Å². The number of halogens is 1. The molecule has 0 aromatic carbocycles. The van der Waals surface area contributed by atoms with Crippen LogP contribution in [0.2, 0.25) is 0 Å². The second kappa shape index (κ2) is 14.4. The highest BCUT2D eigenvalue weighted by Gasteiger charge is 2.72. The van der Waals surface area contributed by atoms with Gasteiger partial charge in [0.1, 0.15) is 60.8 Å². The Morgan fingerprint density at radius 1 is 0.593 bits per heavy atom. The molecule has 0 spiro atoms. The molecule has 292 valence electrons. The van der Waals surface area contributed by atoms with Crippen LogP contribution in [-0.4, -0.2) is 120 Å². The Hall–Kier alpha value is -2.02. The molecule has 6 fully saturated rings. The molecule has 4 bridgehead atoms. The van der Waals surface area contributed by atoms with E-state index in [0.717, 1.165) is 34.6 Å². The van der Waals surface area contributed by atoms with Crippen molar-refractivity contribution in [1.82, 2.24) is 0 Å². The molecule has 6 saturated heterocycles. The summed E-state index contributed by atoms with van der Waals surface area (Å²) in [6.07, 6.45) is 4.10. The largest absolute Gasteiger partial charge is 1.00 e. The maximum atomic E-state index is 13.1. The molecule has 5 unspecified atom stereocenters. The number of hydrogen-bond acceptors (Lipinski definition) is 12. The van der Waals surface area contributed by atoms with Gasteiger partial charge >= 0.3 is 11.9 Å². The summed E-state index contributed by atoms with van der Waals surface area (Å²) in [7, 11) is 8.99. The number of fused-ring (bicyclic) bond motifs is 10. The minimum atomic E-state index is -1.72. The van der Waals surface area contributed by atoms with Crippen molar-refractivity contribution >= 4 is 57.3 Å². The lowest BCUT2D eigenvalue weighted by Crippen LogP contribution is -3.00. The van der Waals surface area contributed by atoms with E-state index in [1.54, 1.807) is 24.3 Å². The zero-order valence-corrected chi connectivity index (χ0v) is 34.6. The van der Waals surface area contributed by atoms with Crippen molar-refractivity contribution in [3.8, 4) is 0 Å². The van der Waals surface area contributed by atoms with Crippen molar-refractivity contribution in [2.75, 3.05) is 28.2 Å². The number of thiophene rings is 4. The van der Waals surface area contributed by atoms with Crippen molar-refractivity contribution < 1.29 is 64.7 Å². The topological polar surface area (TPSA) is 118 Å². The number of morpholine rings is 2. The van der Waals surface area contributed by atoms with Gasteiger partial charge in [0.15, 0.2) is 0 Å². The number of quaternary nitrogens is 2. The quantitative estimate of drug-likeness (QED) is 0.158. The molecule has 2 N–H and O–H groups in total. The van der Waals surface area contributed by atoms with E-state index >= 15 is 0 Å². The van der Waals surface area contributed by atoms with Gasteiger partial charge in [-0.2, -0.15) is 0 Å². The van der Waals surface area contributed by atoms with Gasteiger partial charge in [-0.25, -0.2) is 9.59 Å². The van der Waals surface area contributed by atoms with Gasteiger partial charge in [-0.05, 0) is 45.8 Å². The lowest BCUT2D eigenvalue weighted by Gasteiger charge is -2.45. The van der Waals surface area contributed by atoms with Crippen molar-refractivity contribution in [2.45, 2.75) is 105 Å². The van der Waals surface area contributed by atoms with Crippen LogP contribution in [0, 0.1) is 0 Å². The van der Waals surface area contributed by atoms with E-state index in [2.05, 4.69) is 28.2 Å². The second-order valence-electron chi connectivity index (χ2n) is 16.0. The SMILES string of the molecule is C.C[N+]1(C)C2CC(OC(=O)C(O)(c3cccs3)c3cccs3)CC1C1OC12.C[N+]1(C)[C@@H]2CC(OC(=O)C(O)(c3cccs3)c3cccs3)C[C@H]1[C@@H]1O[C@@H]12.[Br-]. The molecule has 0 aliphatic carbocycles. The van der Waals surface area contributed by atoms with Crippen LogP contribution in [0.3, 0.4) is 0 Å². The van der Waals surface area contributed by atoms with Crippen molar-refractivity contribution in [3.63, 3.8) is 0 Å². The number of hydrogen-bond donors (Lipinski definition) is 2. The van der Waals surface area contributed by atoms with E-state index < -0.39 is 23.1 Å². The predicted octanol–water partition coefficient (Wildman–Crippen LogP) is 2.33. The van der Waals surface area contributed by atoms with Gasteiger partial charge in [0.25, 0.3) is 0 Å². The first kappa shape index (κ1) is 40.2. The van der Waals surface area contributed by atoms with Gasteiger partial charge in [0.05, 0.1) is 47.7 Å². The number of carbonyl (C=O) groups excluding carboxylic acids is 2. The fourth-order valence-electron chi connectivity index (χ4n) is 9.66. The van der Waals surface area contributed by atoms with Crippen LogP contribution in [0.1, 0.15) is 52.6 Å². The standard InChI is InChI=1S/2C19H22NO4S2.CH4.BrH/c2*1-20(2)12-9-11(10-13(20)17-16(12)24-17)23-18(21)19(22,14-5-3-7-25-14)15-6-4-8-26-15;;/h2*3-8,11-13,16-17,22H,9-10H2,1-2H3;1H4;1H/q2*+1;;/p-1/t11?,12-,13+,16-,17+;;;. The first-order valence-electron chi connectivity index (χ1n) is 17.8. The molecule has 0 amide bonds. The molecule has 10 rings (SSSR count). The minimum absolute atomic E-state index is 0. The molecule has 6 aliphatic heterocycles. The molecule has 10 nitrogen and oxygen atoms in total. The maximum Gasteiger partial charge on any atom is 0.349 e. The van der Waals surface area contributed by atoms with Crippen LogP contribution in [-0.2, 0) is 39.7 Å². The number of carbonyl (C=O) groups is 2. The Labute approximate surface area is 342 Å². The van der Waals surface area contributed by atoms with Gasteiger partial charge in [0, 0.05) is 25.7 Å². The third-order valence-corrected chi connectivity index (χ3v) is 16.6. The first-order valence-corrected chi connectivity index (χ1v) is 21.4. The number of epoxide rings is 2. The predicted molar refractivity (Wildman–Crippen MR) is 205 cm³/mol. The Morgan fingerprint density at radius 2 is 0.852 bits per heavy atom. The normalized spacial score (nSPS) is 33.1. The smallest absolute Gasteiger partial charge is 0.349 e. The third kappa shape index (κ3) is 6.30. The lowest BCUT2D eigenvalue weighted by atomic mass is 9.95. The van der Waals surface area contributed by atoms with Crippen molar-refractivity contribution in [3.05, 3.63) is 89.6 Å². The molecule has 4 aromatic rings. The Balaban J connectivity index is 0.000000161. The second-order valence-corrected chi connectivity index (χ2v) is 19.8. The first-order chi connectivity index (χ1) is 24.8. The average Bonchev–Trinajstić information content (AvgIpc) is 3.57. The van der Waals surface area contributed by atoms with E-state index in [0.29, 0.717) is 68.1 Å². The molecule has 9 atom stereocenters. The van der Waals surface area contributed by atoms with Crippen LogP contribution in [0.15, 0.2) is 70.1 Å². The van der Waals surface area contributed by atoms with Gasteiger partial charge < -0.3 is 55.1 Å². The van der Waals surface area contributed by atoms with Gasteiger partial charge in [-0.1, -0.05) is 31.7 Å². The van der Waals surface area contributed by atoms with E-state index in [1.165, 1.54) is 45.3 Å². The van der Waals surface area contributed by atoms with Crippen molar-refractivity contribution in [1.29, 1.82) is 0 Å². The molecule has 15 heteroatoms. The Morgan fingerprint density at radius 3 is 1.07 bits per heavy atom. The Bertz CT molecular complexity index is 1670. The highest BCUT2D eigenvalue weighted by Crippen LogP contribution is 2.53. The van der Waals surface area contributed by atoms with Crippen LogP contribution in [0.25, 0.3) is 0 Å². The number of piperidine rings is 2. The van der Waals surface area contributed by atoms with Gasteiger partial charge in [0.2, 0.25) is 11.2 Å². The van der Waals surface area contributed by atoms with Crippen molar-refractivity contribution in [2.24, 2.45) is 0 Å². The highest BCUT2D eigenvalue weighted by molar-refractivity contribution is 7.12. The molecule has 0 saturated carbocycles. The fraction of sp³-hybridized carbons (Fsp3) is 0.538. The molecule has 4 aromatic heterocycles. The number of nitrogens with zero attached hydrogens (tertiary/aromatic N) is 2. The number of likely N-dealkylation sites (N-methyl/N-ethyl adjacent to an activating group) is 2. The highest BCUT2D eigenvalue weighted by atomic mass is 79.9. The molecule has 54 heavy (non-hydrogen) atoms. The van der Waals surface area contributed by atoms with Crippen LogP contribution in [0.5, 0.6) is 0 Å². The number of esters is 2. The zero-order valence-electron chi connectivity index (χ0n) is 29.8.